The lowest BCUT2D eigenvalue weighted by molar-refractivity contribution is 0.949. The van der Waals surface area contributed by atoms with Crippen molar-refractivity contribution < 1.29 is 0 Å². The summed E-state index contributed by atoms with van der Waals surface area (Å²) >= 11 is 0. The molecule has 0 spiro atoms. The number of rotatable bonds is 4. The molecule has 1 fully saturated rings. The topological polar surface area (TPSA) is 44.8 Å². The summed E-state index contributed by atoms with van der Waals surface area (Å²) in [4.78, 5) is 6.81. The number of benzene rings is 2. The van der Waals surface area contributed by atoms with Crippen LogP contribution in [0.3, 0.4) is 0 Å². The molecule has 1 aliphatic rings. The van der Waals surface area contributed by atoms with Crippen LogP contribution in [0.25, 0.3) is 34.2 Å². The van der Waals surface area contributed by atoms with Crippen LogP contribution in [0.2, 0.25) is 0 Å². The zero-order chi connectivity index (χ0) is 18.8. The SMILES string of the molecule is C(=Cc1n[nH]c2cc(N3CCCC3)c(-c3cccnc3)cc12)c1ccccc1. The van der Waals surface area contributed by atoms with Gasteiger partial charge in [-0.15, -0.1) is 0 Å². The average molecular weight is 366 g/mol. The Bertz CT molecular complexity index is 1110. The number of nitrogens with one attached hydrogen (secondary N) is 1. The van der Waals surface area contributed by atoms with Crippen LogP contribution in [-0.2, 0) is 0 Å². The summed E-state index contributed by atoms with van der Waals surface area (Å²) in [5, 5.41) is 8.92. The van der Waals surface area contributed by atoms with Crippen molar-refractivity contribution in [2.75, 3.05) is 18.0 Å². The lowest BCUT2D eigenvalue weighted by atomic mass is 10.0. The van der Waals surface area contributed by atoms with Gasteiger partial charge in [-0.3, -0.25) is 10.1 Å². The maximum atomic E-state index is 4.57. The molecule has 0 unspecified atom stereocenters. The van der Waals surface area contributed by atoms with Gasteiger partial charge in [-0.2, -0.15) is 5.10 Å². The Kier molecular flexibility index (Phi) is 4.37. The van der Waals surface area contributed by atoms with Gasteiger partial charge in [0.25, 0.3) is 0 Å². The fourth-order valence-electron chi connectivity index (χ4n) is 3.91. The Labute approximate surface area is 164 Å². The van der Waals surface area contributed by atoms with E-state index in [-0.39, 0.29) is 0 Å². The number of pyridine rings is 1. The van der Waals surface area contributed by atoms with Crippen LogP contribution in [0.1, 0.15) is 24.1 Å². The number of anilines is 1. The van der Waals surface area contributed by atoms with Gasteiger partial charge in [0, 0.05) is 47.7 Å². The second-order valence-corrected chi connectivity index (χ2v) is 7.20. The molecule has 0 aliphatic carbocycles. The van der Waals surface area contributed by atoms with E-state index in [1.165, 1.54) is 29.7 Å². The minimum atomic E-state index is 0.956. The molecule has 28 heavy (non-hydrogen) atoms. The molecule has 4 heteroatoms. The summed E-state index contributed by atoms with van der Waals surface area (Å²) in [6.07, 6.45) is 10.4. The summed E-state index contributed by atoms with van der Waals surface area (Å²) in [5.41, 5.74) is 6.82. The molecule has 0 atom stereocenters. The summed E-state index contributed by atoms with van der Waals surface area (Å²) in [6.45, 7) is 2.21. The van der Waals surface area contributed by atoms with Gasteiger partial charge < -0.3 is 4.90 Å². The van der Waals surface area contributed by atoms with Gasteiger partial charge in [-0.05, 0) is 42.7 Å². The molecule has 2 aromatic heterocycles. The van der Waals surface area contributed by atoms with Gasteiger partial charge in [0.05, 0.1) is 11.2 Å². The Morgan fingerprint density at radius 2 is 1.79 bits per heavy atom. The Morgan fingerprint density at radius 1 is 0.929 bits per heavy atom. The van der Waals surface area contributed by atoms with Gasteiger partial charge in [0.1, 0.15) is 0 Å². The van der Waals surface area contributed by atoms with E-state index in [0.717, 1.165) is 35.2 Å². The van der Waals surface area contributed by atoms with Gasteiger partial charge in [0.2, 0.25) is 0 Å². The lowest BCUT2D eigenvalue weighted by Crippen LogP contribution is -2.18. The summed E-state index contributed by atoms with van der Waals surface area (Å²) < 4.78 is 0. The molecular formula is C24H22N4. The number of hydrogen-bond acceptors (Lipinski definition) is 3. The van der Waals surface area contributed by atoms with Crippen molar-refractivity contribution >= 4 is 28.7 Å². The predicted octanol–water partition coefficient (Wildman–Crippen LogP) is 5.40. The third kappa shape index (κ3) is 3.18. The standard InChI is InChI=1S/C24H22N4/c1-2-7-18(8-3-1)10-11-22-21-15-20(19-9-6-12-25-17-19)24(16-23(21)27-26-22)28-13-4-5-14-28/h1-3,6-12,15-17H,4-5,13-14H2,(H,26,27). The van der Waals surface area contributed by atoms with E-state index in [4.69, 9.17) is 0 Å². The zero-order valence-corrected chi connectivity index (χ0v) is 15.7. The molecule has 138 valence electrons. The van der Waals surface area contributed by atoms with Crippen LogP contribution < -0.4 is 4.90 Å². The second-order valence-electron chi connectivity index (χ2n) is 7.20. The number of aromatic nitrogens is 3. The van der Waals surface area contributed by atoms with E-state index < -0.39 is 0 Å². The second kappa shape index (κ2) is 7.31. The largest absolute Gasteiger partial charge is 0.371 e. The highest BCUT2D eigenvalue weighted by atomic mass is 15.2. The molecular weight excluding hydrogens is 344 g/mol. The minimum Gasteiger partial charge on any atom is -0.371 e. The predicted molar refractivity (Wildman–Crippen MR) is 116 cm³/mol. The van der Waals surface area contributed by atoms with Crippen LogP contribution in [0.15, 0.2) is 67.0 Å². The molecule has 4 aromatic rings. The quantitative estimate of drug-likeness (QED) is 0.526. The van der Waals surface area contributed by atoms with Crippen molar-refractivity contribution in [2.45, 2.75) is 12.8 Å². The fraction of sp³-hybridized carbons (Fsp3) is 0.167. The smallest absolute Gasteiger partial charge is 0.0927 e. The van der Waals surface area contributed by atoms with Crippen molar-refractivity contribution in [2.24, 2.45) is 0 Å². The molecule has 1 aliphatic heterocycles. The highest BCUT2D eigenvalue weighted by Gasteiger charge is 2.19. The number of H-pyrrole nitrogens is 1. The zero-order valence-electron chi connectivity index (χ0n) is 15.7. The molecule has 3 heterocycles. The minimum absolute atomic E-state index is 0.956. The first-order valence-corrected chi connectivity index (χ1v) is 9.79. The number of aromatic amines is 1. The van der Waals surface area contributed by atoms with E-state index in [2.05, 4.69) is 62.6 Å². The highest BCUT2D eigenvalue weighted by Crippen LogP contribution is 2.36. The molecule has 2 aromatic carbocycles. The first-order valence-electron chi connectivity index (χ1n) is 9.79. The molecule has 0 radical (unpaired) electrons. The van der Waals surface area contributed by atoms with Crippen molar-refractivity contribution in [3.63, 3.8) is 0 Å². The average Bonchev–Trinajstić information content (AvgIpc) is 3.43. The molecule has 1 saturated heterocycles. The molecule has 0 amide bonds. The monoisotopic (exact) mass is 366 g/mol. The highest BCUT2D eigenvalue weighted by molar-refractivity contribution is 5.97. The third-order valence-corrected chi connectivity index (χ3v) is 5.36. The normalized spacial score (nSPS) is 14.4. The maximum absolute atomic E-state index is 4.57. The van der Waals surface area contributed by atoms with E-state index in [9.17, 15) is 0 Å². The Hall–Kier alpha value is -3.40. The van der Waals surface area contributed by atoms with Crippen molar-refractivity contribution in [3.8, 4) is 11.1 Å². The number of nitrogens with zero attached hydrogens (tertiary/aromatic N) is 3. The number of hydrogen-bond donors (Lipinski definition) is 1. The fourth-order valence-corrected chi connectivity index (χ4v) is 3.91. The van der Waals surface area contributed by atoms with Crippen LogP contribution in [0.5, 0.6) is 0 Å². The summed E-state index contributed by atoms with van der Waals surface area (Å²) in [7, 11) is 0. The summed E-state index contributed by atoms with van der Waals surface area (Å²) in [6, 6.07) is 18.9. The molecule has 4 nitrogen and oxygen atoms in total. The van der Waals surface area contributed by atoms with E-state index >= 15 is 0 Å². The third-order valence-electron chi connectivity index (χ3n) is 5.36. The van der Waals surface area contributed by atoms with Crippen LogP contribution in [-0.4, -0.2) is 28.3 Å². The van der Waals surface area contributed by atoms with Gasteiger partial charge in [-0.1, -0.05) is 42.5 Å². The van der Waals surface area contributed by atoms with Crippen LogP contribution in [0, 0.1) is 0 Å². The van der Waals surface area contributed by atoms with E-state index in [1.54, 1.807) is 0 Å². The molecule has 0 bridgehead atoms. The van der Waals surface area contributed by atoms with Gasteiger partial charge in [-0.25, -0.2) is 0 Å². The van der Waals surface area contributed by atoms with Crippen molar-refractivity contribution in [1.82, 2.24) is 15.2 Å². The first kappa shape index (κ1) is 16.8. The lowest BCUT2D eigenvalue weighted by Gasteiger charge is -2.21. The maximum Gasteiger partial charge on any atom is 0.0927 e. The van der Waals surface area contributed by atoms with Crippen molar-refractivity contribution in [1.29, 1.82) is 0 Å². The Morgan fingerprint density at radius 3 is 2.57 bits per heavy atom. The number of fused-ring (bicyclic) bond motifs is 1. The molecule has 0 saturated carbocycles. The van der Waals surface area contributed by atoms with E-state index in [1.807, 2.05) is 36.7 Å². The van der Waals surface area contributed by atoms with E-state index in [0.29, 0.717) is 0 Å². The van der Waals surface area contributed by atoms with Crippen LogP contribution in [0.4, 0.5) is 5.69 Å². The van der Waals surface area contributed by atoms with Gasteiger partial charge >= 0.3 is 0 Å². The molecule has 5 rings (SSSR count). The molecule has 1 N–H and O–H groups in total. The van der Waals surface area contributed by atoms with Crippen molar-refractivity contribution in [3.05, 3.63) is 78.2 Å². The van der Waals surface area contributed by atoms with Gasteiger partial charge in [0.15, 0.2) is 0 Å². The van der Waals surface area contributed by atoms with Crippen LogP contribution >= 0.6 is 0 Å². The first-order chi connectivity index (χ1) is 13.9. The Balaban J connectivity index is 1.62. The summed E-state index contributed by atoms with van der Waals surface area (Å²) in [5.74, 6) is 0.